The van der Waals surface area contributed by atoms with E-state index in [0.717, 1.165) is 16.7 Å². The molecule has 2 aromatic rings. The largest absolute Gasteiger partial charge is 0.316 e. The quantitative estimate of drug-likeness (QED) is 0.867. The summed E-state index contributed by atoms with van der Waals surface area (Å²) in [5.74, 6) is 0. The number of hydrogen-bond acceptors (Lipinski definition) is 3. The lowest BCUT2D eigenvalue weighted by molar-refractivity contribution is 0.823. The number of hydrogen-bond donors (Lipinski definition) is 1. The van der Waals surface area contributed by atoms with Gasteiger partial charge in [0.25, 0.3) is 0 Å². The molecule has 0 unspecified atom stereocenters. The Morgan fingerprint density at radius 3 is 2.53 bits per heavy atom. The zero-order chi connectivity index (χ0) is 12.1. The van der Waals surface area contributed by atoms with Crippen molar-refractivity contribution < 1.29 is 0 Å². The third-order valence-corrected chi connectivity index (χ3v) is 2.57. The van der Waals surface area contributed by atoms with Crippen molar-refractivity contribution in [2.45, 2.75) is 12.5 Å². The van der Waals surface area contributed by atoms with Gasteiger partial charge in [-0.1, -0.05) is 30.3 Å². The summed E-state index contributed by atoms with van der Waals surface area (Å²) in [6.45, 7) is 0. The molecule has 2 rings (SSSR count). The minimum atomic E-state index is -0.431. The average Bonchev–Trinajstić information content (AvgIpc) is 2.40. The van der Waals surface area contributed by atoms with Crippen LogP contribution in [0.15, 0.2) is 48.8 Å². The van der Waals surface area contributed by atoms with Crippen LogP contribution in [-0.2, 0) is 6.42 Å². The molecule has 0 bridgehead atoms. The first kappa shape index (κ1) is 11.3. The van der Waals surface area contributed by atoms with Crippen LogP contribution >= 0.6 is 0 Å². The van der Waals surface area contributed by atoms with Crippen molar-refractivity contribution in [3.8, 4) is 17.2 Å². The van der Waals surface area contributed by atoms with Gasteiger partial charge in [0.05, 0.1) is 12.1 Å². The molecule has 1 aromatic heterocycles. The molecule has 3 heteroatoms. The molecule has 3 nitrogen and oxygen atoms in total. The smallest absolute Gasteiger partial charge is 0.0968 e. The summed E-state index contributed by atoms with van der Waals surface area (Å²) in [5, 5.41) is 8.65. The lowest BCUT2D eigenvalue weighted by Crippen LogP contribution is -2.19. The van der Waals surface area contributed by atoms with E-state index >= 15 is 0 Å². The molecule has 1 heterocycles. The van der Waals surface area contributed by atoms with E-state index in [1.54, 1.807) is 6.20 Å². The molecule has 0 saturated carbocycles. The number of nitrogens with zero attached hydrogens (tertiary/aromatic N) is 2. The maximum atomic E-state index is 8.65. The van der Waals surface area contributed by atoms with E-state index < -0.39 is 6.04 Å². The molecule has 0 radical (unpaired) electrons. The van der Waals surface area contributed by atoms with Gasteiger partial charge < -0.3 is 5.73 Å². The molecule has 0 amide bonds. The molecule has 17 heavy (non-hydrogen) atoms. The molecule has 0 fully saturated rings. The van der Waals surface area contributed by atoms with Crippen LogP contribution in [0.5, 0.6) is 0 Å². The number of aromatic nitrogens is 1. The van der Waals surface area contributed by atoms with Crippen LogP contribution in [-0.4, -0.2) is 11.0 Å². The topological polar surface area (TPSA) is 62.7 Å². The monoisotopic (exact) mass is 223 g/mol. The summed E-state index contributed by atoms with van der Waals surface area (Å²) in [4.78, 5) is 4.08. The highest BCUT2D eigenvalue weighted by atomic mass is 14.6. The van der Waals surface area contributed by atoms with Crippen LogP contribution < -0.4 is 5.73 Å². The fourth-order valence-corrected chi connectivity index (χ4v) is 1.67. The predicted molar refractivity (Wildman–Crippen MR) is 67.0 cm³/mol. The van der Waals surface area contributed by atoms with Gasteiger partial charge in [-0.2, -0.15) is 5.26 Å². The van der Waals surface area contributed by atoms with E-state index in [2.05, 4.69) is 4.98 Å². The highest BCUT2D eigenvalue weighted by Crippen LogP contribution is 2.18. The Balaban J connectivity index is 2.17. The SMILES string of the molecule is N#C[C@@H](N)Cc1ccc(-c2cccnc2)cc1. The van der Waals surface area contributed by atoms with E-state index in [4.69, 9.17) is 11.0 Å². The van der Waals surface area contributed by atoms with E-state index in [-0.39, 0.29) is 0 Å². The Morgan fingerprint density at radius 2 is 1.94 bits per heavy atom. The highest BCUT2D eigenvalue weighted by molar-refractivity contribution is 5.62. The summed E-state index contributed by atoms with van der Waals surface area (Å²) < 4.78 is 0. The van der Waals surface area contributed by atoms with Crippen molar-refractivity contribution in [1.82, 2.24) is 4.98 Å². The van der Waals surface area contributed by atoms with Crippen molar-refractivity contribution in [2.75, 3.05) is 0 Å². The van der Waals surface area contributed by atoms with Crippen LogP contribution in [0.1, 0.15) is 5.56 Å². The molecule has 0 aliphatic heterocycles. The number of rotatable bonds is 3. The van der Waals surface area contributed by atoms with Gasteiger partial charge in [-0.15, -0.1) is 0 Å². The normalized spacial score (nSPS) is 11.8. The van der Waals surface area contributed by atoms with Gasteiger partial charge in [-0.3, -0.25) is 4.98 Å². The molecule has 0 spiro atoms. The lowest BCUT2D eigenvalue weighted by atomic mass is 10.0. The summed E-state index contributed by atoms with van der Waals surface area (Å²) >= 11 is 0. The predicted octanol–water partition coefficient (Wildman–Crippen LogP) is 2.14. The van der Waals surface area contributed by atoms with Crippen molar-refractivity contribution >= 4 is 0 Å². The Labute approximate surface area is 101 Å². The Kier molecular flexibility index (Phi) is 3.49. The Hall–Kier alpha value is -2.18. The first-order valence-electron chi connectivity index (χ1n) is 5.44. The second kappa shape index (κ2) is 5.24. The zero-order valence-corrected chi connectivity index (χ0v) is 9.38. The van der Waals surface area contributed by atoms with Crippen molar-refractivity contribution in [1.29, 1.82) is 5.26 Å². The second-order valence-corrected chi connectivity index (χ2v) is 3.88. The van der Waals surface area contributed by atoms with Crippen molar-refractivity contribution in [3.63, 3.8) is 0 Å². The highest BCUT2D eigenvalue weighted by Gasteiger charge is 2.02. The Bertz CT molecular complexity index is 511. The first-order valence-corrected chi connectivity index (χ1v) is 5.44. The van der Waals surface area contributed by atoms with E-state index in [9.17, 15) is 0 Å². The van der Waals surface area contributed by atoms with Gasteiger partial charge in [0, 0.05) is 18.8 Å². The summed E-state index contributed by atoms with van der Waals surface area (Å²) in [6.07, 6.45) is 4.17. The third-order valence-electron chi connectivity index (χ3n) is 2.57. The molecule has 0 aliphatic rings. The fourth-order valence-electron chi connectivity index (χ4n) is 1.67. The summed E-state index contributed by atoms with van der Waals surface area (Å²) in [7, 11) is 0. The summed E-state index contributed by atoms with van der Waals surface area (Å²) in [5.41, 5.74) is 8.86. The van der Waals surface area contributed by atoms with E-state index in [1.165, 1.54) is 0 Å². The van der Waals surface area contributed by atoms with Crippen LogP contribution in [0.25, 0.3) is 11.1 Å². The molecule has 1 atom stereocenters. The van der Waals surface area contributed by atoms with Gasteiger partial charge in [0.1, 0.15) is 0 Å². The maximum absolute atomic E-state index is 8.65. The van der Waals surface area contributed by atoms with Gasteiger partial charge in [0.15, 0.2) is 0 Å². The number of nitriles is 1. The standard InChI is InChI=1S/C14H13N3/c15-9-14(16)8-11-3-5-12(6-4-11)13-2-1-7-17-10-13/h1-7,10,14H,8,16H2/t14-/m0/s1. The molecular weight excluding hydrogens is 210 g/mol. The molecule has 84 valence electrons. The van der Waals surface area contributed by atoms with Crippen LogP contribution in [0, 0.1) is 11.3 Å². The minimum absolute atomic E-state index is 0.431. The fraction of sp³-hybridized carbons (Fsp3) is 0.143. The van der Waals surface area contributed by atoms with E-state index in [1.807, 2.05) is 48.7 Å². The third kappa shape index (κ3) is 2.90. The number of benzene rings is 1. The minimum Gasteiger partial charge on any atom is -0.316 e. The van der Waals surface area contributed by atoms with Gasteiger partial charge >= 0.3 is 0 Å². The summed E-state index contributed by atoms with van der Waals surface area (Å²) in [6, 6.07) is 13.6. The lowest BCUT2D eigenvalue weighted by Gasteiger charge is -2.05. The molecule has 0 saturated heterocycles. The second-order valence-electron chi connectivity index (χ2n) is 3.88. The van der Waals surface area contributed by atoms with Crippen LogP contribution in [0.3, 0.4) is 0 Å². The molecule has 0 aliphatic carbocycles. The van der Waals surface area contributed by atoms with Crippen molar-refractivity contribution in [2.24, 2.45) is 5.73 Å². The maximum Gasteiger partial charge on any atom is 0.0968 e. The average molecular weight is 223 g/mol. The molecular formula is C14H13N3. The molecule has 2 N–H and O–H groups in total. The van der Waals surface area contributed by atoms with Gasteiger partial charge in [-0.05, 0) is 22.8 Å². The van der Waals surface area contributed by atoms with Gasteiger partial charge in [0.2, 0.25) is 0 Å². The Morgan fingerprint density at radius 1 is 1.18 bits per heavy atom. The van der Waals surface area contributed by atoms with Crippen molar-refractivity contribution in [3.05, 3.63) is 54.4 Å². The molecule has 1 aromatic carbocycles. The first-order chi connectivity index (χ1) is 8.29. The van der Waals surface area contributed by atoms with Crippen LogP contribution in [0.4, 0.5) is 0 Å². The number of pyridine rings is 1. The zero-order valence-electron chi connectivity index (χ0n) is 9.38. The van der Waals surface area contributed by atoms with E-state index in [0.29, 0.717) is 6.42 Å². The van der Waals surface area contributed by atoms with Crippen LogP contribution in [0.2, 0.25) is 0 Å². The van der Waals surface area contributed by atoms with Gasteiger partial charge in [-0.25, -0.2) is 0 Å². The number of nitrogens with two attached hydrogens (primary N) is 1.